The number of likely N-dealkylation sites (tertiary alicyclic amines) is 1. The SMILES string of the molecule is COc1ccc(S(=O)(=O)Nc2nnc(SC(C)C)s2)cc1C(=O)N1CCCCC1. The van der Waals surface area contributed by atoms with Gasteiger partial charge in [-0.15, -0.1) is 10.2 Å². The summed E-state index contributed by atoms with van der Waals surface area (Å²) in [4.78, 5) is 14.7. The fourth-order valence-corrected chi connectivity index (χ4v) is 6.19. The number of benzene rings is 1. The lowest BCUT2D eigenvalue weighted by molar-refractivity contribution is 0.0720. The third kappa shape index (κ3) is 5.40. The molecule has 1 amide bonds. The average Bonchev–Trinajstić information content (AvgIpc) is 3.12. The molecule has 0 bridgehead atoms. The minimum absolute atomic E-state index is 0.0214. The van der Waals surface area contributed by atoms with Crippen LogP contribution < -0.4 is 9.46 Å². The van der Waals surface area contributed by atoms with Crippen LogP contribution in [0.5, 0.6) is 5.75 Å². The number of rotatable bonds is 7. The van der Waals surface area contributed by atoms with E-state index in [1.54, 1.807) is 4.90 Å². The monoisotopic (exact) mass is 456 g/mol. The highest BCUT2D eigenvalue weighted by Gasteiger charge is 2.25. The Bertz CT molecular complexity index is 969. The van der Waals surface area contributed by atoms with E-state index in [1.165, 1.54) is 48.4 Å². The van der Waals surface area contributed by atoms with E-state index in [0.29, 0.717) is 28.4 Å². The number of hydrogen-bond donors (Lipinski definition) is 1. The van der Waals surface area contributed by atoms with Crippen molar-refractivity contribution < 1.29 is 17.9 Å². The summed E-state index contributed by atoms with van der Waals surface area (Å²) in [6, 6.07) is 4.29. The molecule has 3 rings (SSSR count). The Labute approximate surface area is 179 Å². The summed E-state index contributed by atoms with van der Waals surface area (Å²) in [7, 11) is -2.46. The quantitative estimate of drug-likeness (QED) is 0.637. The number of aromatic nitrogens is 2. The first kappa shape index (κ1) is 21.8. The normalized spacial score (nSPS) is 14.8. The van der Waals surface area contributed by atoms with Gasteiger partial charge in [-0.05, 0) is 37.5 Å². The number of methoxy groups -OCH3 is 1. The second-order valence-electron chi connectivity index (χ2n) is 6.86. The molecule has 0 unspecified atom stereocenters. The van der Waals surface area contributed by atoms with Crippen molar-refractivity contribution in [1.82, 2.24) is 15.1 Å². The number of piperidine rings is 1. The third-order valence-electron chi connectivity index (χ3n) is 4.32. The lowest BCUT2D eigenvalue weighted by Crippen LogP contribution is -2.35. The molecular weight excluding hydrogens is 432 g/mol. The van der Waals surface area contributed by atoms with Gasteiger partial charge in [0.05, 0.1) is 17.6 Å². The standard InChI is InChI=1S/C18H24N4O4S3/c1-12(2)27-18-20-19-17(28-18)21-29(24,25)13-7-8-15(26-3)14(11-13)16(23)22-9-5-4-6-10-22/h7-8,11-12H,4-6,9-10H2,1-3H3,(H,19,21). The van der Waals surface area contributed by atoms with Crippen molar-refractivity contribution in [3.63, 3.8) is 0 Å². The lowest BCUT2D eigenvalue weighted by Gasteiger charge is -2.27. The van der Waals surface area contributed by atoms with Crippen LogP contribution in [0.15, 0.2) is 27.4 Å². The first-order valence-electron chi connectivity index (χ1n) is 9.30. The van der Waals surface area contributed by atoms with Gasteiger partial charge in [-0.3, -0.25) is 9.52 Å². The highest BCUT2D eigenvalue weighted by molar-refractivity contribution is 8.01. The Morgan fingerprint density at radius 3 is 2.62 bits per heavy atom. The molecule has 2 aromatic rings. The molecule has 1 N–H and O–H groups in total. The number of nitrogens with zero attached hydrogens (tertiary/aromatic N) is 3. The predicted molar refractivity (Wildman–Crippen MR) is 114 cm³/mol. The van der Waals surface area contributed by atoms with Gasteiger partial charge in [0, 0.05) is 18.3 Å². The van der Waals surface area contributed by atoms with Gasteiger partial charge in [0.2, 0.25) is 5.13 Å². The Kier molecular flexibility index (Phi) is 7.01. The van der Waals surface area contributed by atoms with Crippen molar-refractivity contribution in [2.24, 2.45) is 0 Å². The zero-order valence-corrected chi connectivity index (χ0v) is 19.0. The second-order valence-corrected chi connectivity index (χ2v) is 11.3. The maximum absolute atomic E-state index is 12.9. The molecule has 29 heavy (non-hydrogen) atoms. The van der Waals surface area contributed by atoms with E-state index < -0.39 is 10.0 Å². The molecular formula is C18H24N4O4S3. The minimum atomic E-state index is -3.92. The Morgan fingerprint density at radius 2 is 1.97 bits per heavy atom. The minimum Gasteiger partial charge on any atom is -0.496 e. The fourth-order valence-electron chi connectivity index (χ4n) is 2.96. The molecule has 1 aliphatic rings. The molecule has 1 fully saturated rings. The van der Waals surface area contributed by atoms with Crippen LogP contribution in [0, 0.1) is 0 Å². The number of nitrogens with one attached hydrogen (secondary N) is 1. The smallest absolute Gasteiger partial charge is 0.263 e. The van der Waals surface area contributed by atoms with Gasteiger partial charge < -0.3 is 9.64 Å². The van der Waals surface area contributed by atoms with Crippen LogP contribution in [-0.2, 0) is 10.0 Å². The van der Waals surface area contributed by atoms with Gasteiger partial charge in [-0.2, -0.15) is 0 Å². The molecule has 1 aromatic heterocycles. The summed E-state index contributed by atoms with van der Waals surface area (Å²) >= 11 is 2.69. The van der Waals surface area contributed by atoms with Crippen LogP contribution in [0.1, 0.15) is 43.5 Å². The van der Waals surface area contributed by atoms with E-state index >= 15 is 0 Å². The molecule has 0 aliphatic carbocycles. The summed E-state index contributed by atoms with van der Waals surface area (Å²) in [6.07, 6.45) is 2.99. The largest absolute Gasteiger partial charge is 0.496 e. The number of carbonyl (C=O) groups is 1. The van der Waals surface area contributed by atoms with Crippen LogP contribution in [0.25, 0.3) is 0 Å². The van der Waals surface area contributed by atoms with E-state index in [0.717, 1.165) is 19.3 Å². The summed E-state index contributed by atoms with van der Waals surface area (Å²) in [5.41, 5.74) is 0.241. The highest BCUT2D eigenvalue weighted by atomic mass is 32.2. The molecule has 1 saturated heterocycles. The Balaban J connectivity index is 1.85. The van der Waals surface area contributed by atoms with Gasteiger partial charge in [-0.25, -0.2) is 8.42 Å². The first-order chi connectivity index (χ1) is 13.8. The zero-order valence-electron chi connectivity index (χ0n) is 16.5. The van der Waals surface area contributed by atoms with Gasteiger partial charge in [0.1, 0.15) is 5.75 Å². The fraction of sp³-hybridized carbons (Fsp3) is 0.500. The van der Waals surface area contributed by atoms with Crippen LogP contribution >= 0.6 is 23.1 Å². The van der Waals surface area contributed by atoms with Crippen LogP contribution in [-0.4, -0.2) is 54.9 Å². The topological polar surface area (TPSA) is 101 Å². The van der Waals surface area contributed by atoms with Crippen molar-refractivity contribution in [3.05, 3.63) is 23.8 Å². The van der Waals surface area contributed by atoms with E-state index in [4.69, 9.17) is 4.74 Å². The number of hydrogen-bond acceptors (Lipinski definition) is 8. The van der Waals surface area contributed by atoms with E-state index in [-0.39, 0.29) is 21.5 Å². The Morgan fingerprint density at radius 1 is 1.24 bits per heavy atom. The number of carbonyl (C=O) groups excluding carboxylic acids is 1. The molecule has 0 atom stereocenters. The van der Waals surface area contributed by atoms with Gasteiger partial charge in [-0.1, -0.05) is 36.9 Å². The first-order valence-corrected chi connectivity index (χ1v) is 12.5. The van der Waals surface area contributed by atoms with Crippen LogP contribution in [0.4, 0.5) is 5.13 Å². The van der Waals surface area contributed by atoms with Crippen molar-refractivity contribution in [2.75, 3.05) is 24.9 Å². The molecule has 8 nitrogen and oxygen atoms in total. The summed E-state index contributed by atoms with van der Waals surface area (Å²) in [5, 5.41) is 8.40. The number of sulfonamides is 1. The molecule has 0 spiro atoms. The summed E-state index contributed by atoms with van der Waals surface area (Å²) in [5.74, 6) is 0.135. The number of ether oxygens (including phenoxy) is 1. The number of anilines is 1. The predicted octanol–water partition coefficient (Wildman–Crippen LogP) is 3.47. The highest BCUT2D eigenvalue weighted by Crippen LogP contribution is 2.31. The van der Waals surface area contributed by atoms with Crippen molar-refractivity contribution >= 4 is 44.2 Å². The molecule has 11 heteroatoms. The van der Waals surface area contributed by atoms with Crippen molar-refractivity contribution in [1.29, 1.82) is 0 Å². The second kappa shape index (κ2) is 9.31. The van der Waals surface area contributed by atoms with Gasteiger partial charge in [0.25, 0.3) is 15.9 Å². The molecule has 158 valence electrons. The maximum atomic E-state index is 12.9. The van der Waals surface area contributed by atoms with Crippen molar-refractivity contribution in [3.8, 4) is 5.75 Å². The van der Waals surface area contributed by atoms with Gasteiger partial charge in [0.15, 0.2) is 4.34 Å². The van der Waals surface area contributed by atoms with Crippen LogP contribution in [0.3, 0.4) is 0 Å². The molecule has 0 radical (unpaired) electrons. The molecule has 1 aromatic carbocycles. The maximum Gasteiger partial charge on any atom is 0.263 e. The average molecular weight is 457 g/mol. The summed E-state index contributed by atoms with van der Waals surface area (Å²) in [6.45, 7) is 5.37. The van der Waals surface area contributed by atoms with E-state index in [2.05, 4.69) is 14.9 Å². The third-order valence-corrected chi connectivity index (χ3v) is 7.71. The van der Waals surface area contributed by atoms with E-state index in [1.807, 2.05) is 13.8 Å². The molecule has 2 heterocycles. The number of thioether (sulfide) groups is 1. The lowest BCUT2D eigenvalue weighted by atomic mass is 10.1. The summed E-state index contributed by atoms with van der Waals surface area (Å²) < 4.78 is 34.1. The van der Waals surface area contributed by atoms with Crippen LogP contribution in [0.2, 0.25) is 0 Å². The number of amides is 1. The molecule has 0 saturated carbocycles. The zero-order chi connectivity index (χ0) is 21.0. The Hall–Kier alpha value is -1.85. The van der Waals surface area contributed by atoms with Crippen molar-refractivity contribution in [2.45, 2.75) is 47.6 Å². The van der Waals surface area contributed by atoms with Gasteiger partial charge >= 0.3 is 0 Å². The van der Waals surface area contributed by atoms with E-state index in [9.17, 15) is 13.2 Å². The molecule has 1 aliphatic heterocycles.